The Morgan fingerprint density at radius 2 is 2.36 bits per heavy atom. The van der Waals surface area contributed by atoms with Crippen molar-refractivity contribution in [1.29, 1.82) is 0 Å². The van der Waals surface area contributed by atoms with Crippen LogP contribution in [-0.2, 0) is 6.54 Å². The van der Waals surface area contributed by atoms with Crippen molar-refractivity contribution in [1.82, 2.24) is 9.88 Å². The number of aliphatic hydroxyl groups is 1. The van der Waals surface area contributed by atoms with Crippen LogP contribution in [0.5, 0.6) is 0 Å². The molecule has 0 amide bonds. The second-order valence-electron chi connectivity index (χ2n) is 3.63. The Hall–Kier alpha value is -1.13. The Balaban J connectivity index is 2.51. The summed E-state index contributed by atoms with van der Waals surface area (Å²) in [5.74, 6) is 0. The average Bonchev–Trinajstić information content (AvgIpc) is 2.01. The summed E-state index contributed by atoms with van der Waals surface area (Å²) in [6.07, 6.45) is 1.38. The maximum atomic E-state index is 9.17. The van der Waals surface area contributed by atoms with Gasteiger partial charge in [-0.1, -0.05) is 0 Å². The first kappa shape index (κ1) is 10.9. The van der Waals surface area contributed by atoms with Crippen molar-refractivity contribution in [2.75, 3.05) is 19.3 Å². The first-order chi connectivity index (χ1) is 6.58. The zero-order chi connectivity index (χ0) is 10.6. The summed E-state index contributed by atoms with van der Waals surface area (Å²) in [5, 5.41) is 9.17. The van der Waals surface area contributed by atoms with Crippen molar-refractivity contribution >= 4 is 5.69 Å². The number of rotatable bonds is 4. The van der Waals surface area contributed by atoms with Crippen LogP contribution < -0.4 is 5.73 Å². The fraction of sp³-hybridized carbons (Fsp3) is 0.500. The second kappa shape index (κ2) is 4.93. The molecule has 0 bridgehead atoms. The molecule has 14 heavy (non-hydrogen) atoms. The number of pyridine rings is 1. The first-order valence-electron chi connectivity index (χ1n) is 4.65. The number of hydrogen-bond acceptors (Lipinski definition) is 4. The van der Waals surface area contributed by atoms with E-state index in [0.717, 1.165) is 11.4 Å². The highest BCUT2D eigenvalue weighted by atomic mass is 16.3. The Bertz CT molecular complexity index is 288. The summed E-state index contributed by atoms with van der Waals surface area (Å²) in [6, 6.07) is 3.61. The number of anilines is 1. The molecule has 4 heteroatoms. The van der Waals surface area contributed by atoms with Gasteiger partial charge in [-0.05, 0) is 26.1 Å². The molecule has 0 aliphatic rings. The monoisotopic (exact) mass is 195 g/mol. The molecule has 1 atom stereocenters. The van der Waals surface area contributed by atoms with Crippen molar-refractivity contribution in [3.8, 4) is 0 Å². The van der Waals surface area contributed by atoms with Crippen molar-refractivity contribution in [2.24, 2.45) is 0 Å². The van der Waals surface area contributed by atoms with E-state index in [1.807, 2.05) is 18.0 Å². The Morgan fingerprint density at radius 3 is 2.93 bits per heavy atom. The maximum absolute atomic E-state index is 9.17. The largest absolute Gasteiger partial charge is 0.399 e. The Kier molecular flexibility index (Phi) is 3.85. The van der Waals surface area contributed by atoms with Crippen molar-refractivity contribution < 1.29 is 5.11 Å². The molecule has 0 fully saturated rings. The maximum Gasteiger partial charge on any atom is 0.0639 e. The number of hydrogen-bond donors (Lipinski definition) is 2. The molecular weight excluding hydrogens is 178 g/mol. The van der Waals surface area contributed by atoms with Gasteiger partial charge in [-0.2, -0.15) is 0 Å². The van der Waals surface area contributed by atoms with Gasteiger partial charge in [0.1, 0.15) is 0 Å². The highest BCUT2D eigenvalue weighted by Crippen LogP contribution is 2.05. The number of likely N-dealkylation sites (N-methyl/N-ethyl adjacent to an activating group) is 1. The molecule has 1 rings (SSSR count). The topological polar surface area (TPSA) is 62.4 Å². The normalized spacial score (nSPS) is 13.1. The summed E-state index contributed by atoms with van der Waals surface area (Å²) in [7, 11) is 1.94. The van der Waals surface area contributed by atoms with E-state index in [1.54, 1.807) is 19.2 Å². The lowest BCUT2D eigenvalue weighted by atomic mass is 10.3. The van der Waals surface area contributed by atoms with Gasteiger partial charge in [-0.25, -0.2) is 0 Å². The Labute approximate surface area is 84.4 Å². The van der Waals surface area contributed by atoms with Crippen LogP contribution in [0, 0.1) is 0 Å². The van der Waals surface area contributed by atoms with Crippen molar-refractivity contribution in [3.63, 3.8) is 0 Å². The fourth-order valence-electron chi connectivity index (χ4n) is 1.38. The van der Waals surface area contributed by atoms with Gasteiger partial charge >= 0.3 is 0 Å². The molecular formula is C10H17N3O. The molecule has 0 saturated heterocycles. The van der Waals surface area contributed by atoms with Crippen LogP contribution in [0.15, 0.2) is 18.3 Å². The fourth-order valence-corrected chi connectivity index (χ4v) is 1.38. The summed E-state index contributed by atoms with van der Waals surface area (Å²) >= 11 is 0. The van der Waals surface area contributed by atoms with E-state index in [4.69, 9.17) is 10.8 Å². The summed E-state index contributed by atoms with van der Waals surface area (Å²) in [6.45, 7) is 3.11. The minimum absolute atomic E-state index is 0.318. The molecule has 0 aliphatic heterocycles. The number of nitrogens with zero attached hydrogens (tertiary/aromatic N) is 2. The smallest absolute Gasteiger partial charge is 0.0639 e. The quantitative estimate of drug-likeness (QED) is 0.733. The zero-order valence-electron chi connectivity index (χ0n) is 8.64. The van der Waals surface area contributed by atoms with Crippen LogP contribution in [0.4, 0.5) is 5.69 Å². The number of nitrogens with two attached hydrogens (primary N) is 1. The molecule has 1 aromatic heterocycles. The summed E-state index contributed by atoms with van der Waals surface area (Å²) < 4.78 is 0. The standard InChI is InChI=1S/C10H17N3O/c1-8(14)6-13(2)7-10-5-9(11)3-4-12-10/h3-5,8,14H,6-7H2,1-2H3,(H2,11,12). The lowest BCUT2D eigenvalue weighted by molar-refractivity contribution is 0.138. The van der Waals surface area contributed by atoms with Gasteiger partial charge in [0.05, 0.1) is 11.8 Å². The van der Waals surface area contributed by atoms with Gasteiger partial charge in [0, 0.05) is 25.0 Å². The lowest BCUT2D eigenvalue weighted by Crippen LogP contribution is -2.27. The number of nitrogen functional groups attached to an aromatic ring is 1. The highest BCUT2D eigenvalue weighted by molar-refractivity contribution is 5.37. The first-order valence-corrected chi connectivity index (χ1v) is 4.65. The van der Waals surface area contributed by atoms with Crippen LogP contribution in [-0.4, -0.2) is 34.7 Å². The van der Waals surface area contributed by atoms with Crippen LogP contribution >= 0.6 is 0 Å². The van der Waals surface area contributed by atoms with E-state index in [9.17, 15) is 0 Å². The molecule has 0 aromatic carbocycles. The van der Waals surface area contributed by atoms with E-state index < -0.39 is 0 Å². The van der Waals surface area contributed by atoms with Crippen molar-refractivity contribution in [2.45, 2.75) is 19.6 Å². The lowest BCUT2D eigenvalue weighted by Gasteiger charge is -2.17. The van der Waals surface area contributed by atoms with Crippen LogP contribution in [0.3, 0.4) is 0 Å². The molecule has 4 nitrogen and oxygen atoms in total. The van der Waals surface area contributed by atoms with Crippen LogP contribution in [0.25, 0.3) is 0 Å². The highest BCUT2D eigenvalue weighted by Gasteiger charge is 2.04. The van der Waals surface area contributed by atoms with Crippen LogP contribution in [0.2, 0.25) is 0 Å². The predicted octanol–water partition coefficient (Wildman–Crippen LogP) is 0.476. The van der Waals surface area contributed by atoms with E-state index in [2.05, 4.69) is 4.98 Å². The SMILES string of the molecule is CC(O)CN(C)Cc1cc(N)ccn1. The molecule has 1 heterocycles. The van der Waals surface area contributed by atoms with E-state index in [0.29, 0.717) is 13.1 Å². The average molecular weight is 195 g/mol. The van der Waals surface area contributed by atoms with Gasteiger partial charge in [-0.3, -0.25) is 9.88 Å². The van der Waals surface area contributed by atoms with E-state index >= 15 is 0 Å². The number of aliphatic hydroxyl groups excluding tert-OH is 1. The molecule has 1 unspecified atom stereocenters. The third kappa shape index (κ3) is 3.72. The van der Waals surface area contributed by atoms with Crippen LogP contribution in [0.1, 0.15) is 12.6 Å². The van der Waals surface area contributed by atoms with Gasteiger partial charge in [0.25, 0.3) is 0 Å². The molecule has 0 spiro atoms. The number of aromatic nitrogens is 1. The summed E-state index contributed by atoms with van der Waals surface area (Å²) in [4.78, 5) is 6.19. The van der Waals surface area contributed by atoms with Crippen molar-refractivity contribution in [3.05, 3.63) is 24.0 Å². The minimum atomic E-state index is -0.318. The molecule has 78 valence electrons. The van der Waals surface area contributed by atoms with Gasteiger partial charge < -0.3 is 10.8 Å². The second-order valence-corrected chi connectivity index (χ2v) is 3.63. The minimum Gasteiger partial charge on any atom is -0.399 e. The third-order valence-corrected chi connectivity index (χ3v) is 1.85. The predicted molar refractivity (Wildman–Crippen MR) is 56.7 cm³/mol. The van der Waals surface area contributed by atoms with Gasteiger partial charge in [0.15, 0.2) is 0 Å². The summed E-state index contributed by atoms with van der Waals surface area (Å²) in [5.41, 5.74) is 7.27. The van der Waals surface area contributed by atoms with Gasteiger partial charge in [0.2, 0.25) is 0 Å². The Morgan fingerprint density at radius 1 is 1.64 bits per heavy atom. The molecule has 0 saturated carbocycles. The van der Waals surface area contributed by atoms with E-state index in [1.165, 1.54) is 0 Å². The molecule has 1 aromatic rings. The molecule has 3 N–H and O–H groups in total. The zero-order valence-corrected chi connectivity index (χ0v) is 8.64. The third-order valence-electron chi connectivity index (χ3n) is 1.85. The van der Waals surface area contributed by atoms with Gasteiger partial charge in [-0.15, -0.1) is 0 Å². The molecule has 0 radical (unpaired) electrons. The van der Waals surface area contributed by atoms with E-state index in [-0.39, 0.29) is 6.10 Å². The molecule has 0 aliphatic carbocycles.